The number of hydrogen-bond donors (Lipinski definition) is 1. The first kappa shape index (κ1) is 17.5. The second kappa shape index (κ2) is 6.72. The predicted molar refractivity (Wildman–Crippen MR) is 92.4 cm³/mol. The van der Waals surface area contributed by atoms with Crippen LogP contribution in [0.15, 0.2) is 18.2 Å². The Bertz CT molecular complexity index is 502. The lowest BCUT2D eigenvalue weighted by Crippen LogP contribution is -2.34. The highest BCUT2D eigenvalue weighted by molar-refractivity contribution is 5.44. The third-order valence-electron chi connectivity index (χ3n) is 5.23. The molecule has 0 saturated heterocycles. The smallest absolute Gasteiger partial charge is 0.106 e. The van der Waals surface area contributed by atoms with Gasteiger partial charge in [0.25, 0.3) is 0 Å². The molecule has 1 atom stereocenters. The first-order valence-corrected chi connectivity index (χ1v) is 8.69. The zero-order valence-corrected chi connectivity index (χ0v) is 14.9. The lowest BCUT2D eigenvalue weighted by molar-refractivity contribution is 0.0103. The Balaban J connectivity index is 2.32. The van der Waals surface area contributed by atoms with E-state index in [0.29, 0.717) is 6.61 Å². The van der Waals surface area contributed by atoms with Crippen LogP contribution >= 0.6 is 0 Å². The number of aliphatic hydroxyl groups excluding tert-OH is 1. The molecule has 0 radical (unpaired) electrons. The molecule has 1 aliphatic rings. The van der Waals surface area contributed by atoms with Crippen molar-refractivity contribution in [3.63, 3.8) is 0 Å². The van der Waals surface area contributed by atoms with Crippen molar-refractivity contribution in [1.29, 1.82) is 0 Å². The van der Waals surface area contributed by atoms with Gasteiger partial charge in [0.15, 0.2) is 0 Å². The maximum Gasteiger partial charge on any atom is 0.106 e. The molecule has 0 saturated carbocycles. The van der Waals surface area contributed by atoms with Gasteiger partial charge in [0.05, 0.1) is 6.61 Å². The Morgan fingerprint density at radius 2 is 1.73 bits per heavy atom. The van der Waals surface area contributed by atoms with Gasteiger partial charge in [0.2, 0.25) is 0 Å². The molecule has 1 aromatic carbocycles. The van der Waals surface area contributed by atoms with Crippen molar-refractivity contribution in [2.24, 2.45) is 0 Å². The summed E-state index contributed by atoms with van der Waals surface area (Å²) in [5.41, 5.74) is 4.44. The number of aliphatic hydroxyl groups is 1. The van der Waals surface area contributed by atoms with Crippen LogP contribution in [0.2, 0.25) is 0 Å². The molecule has 0 aliphatic heterocycles. The fraction of sp³-hybridized carbons (Fsp3) is 0.700. The molecule has 22 heavy (non-hydrogen) atoms. The van der Waals surface area contributed by atoms with E-state index in [1.165, 1.54) is 24.0 Å². The first-order chi connectivity index (χ1) is 10.3. The van der Waals surface area contributed by atoms with Crippen molar-refractivity contribution in [3.05, 3.63) is 34.9 Å². The molecule has 0 heterocycles. The fourth-order valence-electron chi connectivity index (χ4n) is 3.43. The molecular weight excluding hydrogens is 272 g/mol. The summed E-state index contributed by atoms with van der Waals surface area (Å²) in [5.74, 6) is 0. The van der Waals surface area contributed by atoms with Crippen LogP contribution in [0.3, 0.4) is 0 Å². The zero-order valence-electron chi connectivity index (χ0n) is 14.9. The molecule has 0 aromatic heterocycles. The minimum absolute atomic E-state index is 0.0479. The van der Waals surface area contributed by atoms with E-state index in [0.717, 1.165) is 18.4 Å². The van der Waals surface area contributed by atoms with Gasteiger partial charge in [0, 0.05) is 6.61 Å². The Hall–Kier alpha value is -0.860. The minimum atomic E-state index is -0.197. The van der Waals surface area contributed by atoms with Crippen LogP contribution in [0, 0.1) is 0 Å². The molecular formula is C20H32O2. The third-order valence-corrected chi connectivity index (χ3v) is 5.23. The van der Waals surface area contributed by atoms with Crippen LogP contribution in [-0.4, -0.2) is 18.3 Å². The monoisotopic (exact) mass is 304 g/mol. The molecule has 0 amide bonds. The molecule has 0 bridgehead atoms. The molecule has 1 N–H and O–H groups in total. The predicted octanol–water partition coefficient (Wildman–Crippen LogP) is 4.89. The van der Waals surface area contributed by atoms with Gasteiger partial charge in [-0.15, -0.1) is 0 Å². The Morgan fingerprint density at radius 1 is 1.09 bits per heavy atom. The van der Waals surface area contributed by atoms with Gasteiger partial charge < -0.3 is 9.84 Å². The average Bonchev–Trinajstić information content (AvgIpc) is 2.48. The summed E-state index contributed by atoms with van der Waals surface area (Å²) in [7, 11) is 0. The average molecular weight is 304 g/mol. The van der Waals surface area contributed by atoms with E-state index in [1.54, 1.807) is 0 Å². The zero-order chi connectivity index (χ0) is 16.4. The molecule has 0 fully saturated rings. The highest BCUT2D eigenvalue weighted by Gasteiger charge is 2.37. The van der Waals surface area contributed by atoms with Crippen LogP contribution in [0.4, 0.5) is 0 Å². The largest absolute Gasteiger partial charge is 0.393 e. The standard InChI is InChI=1S/C20H32O2/c1-6-7-12-22-18(14-21)15-8-9-16-17(13-15)20(4,5)11-10-19(16,2)3/h8-9,13,18,21H,6-7,10-12,14H2,1-5H3/t18-/m1/s1. The van der Waals surface area contributed by atoms with Gasteiger partial charge >= 0.3 is 0 Å². The van der Waals surface area contributed by atoms with Crippen LogP contribution < -0.4 is 0 Å². The normalized spacial score (nSPS) is 20.5. The van der Waals surface area contributed by atoms with E-state index in [9.17, 15) is 5.11 Å². The number of benzene rings is 1. The highest BCUT2D eigenvalue weighted by atomic mass is 16.5. The molecule has 2 rings (SSSR count). The van der Waals surface area contributed by atoms with Gasteiger partial charge in [-0.25, -0.2) is 0 Å². The van der Waals surface area contributed by atoms with Crippen LogP contribution in [-0.2, 0) is 15.6 Å². The van der Waals surface area contributed by atoms with E-state index in [1.807, 2.05) is 0 Å². The van der Waals surface area contributed by atoms with E-state index in [2.05, 4.69) is 52.8 Å². The Morgan fingerprint density at radius 3 is 2.32 bits per heavy atom. The van der Waals surface area contributed by atoms with Gasteiger partial charge in [0.1, 0.15) is 6.10 Å². The SMILES string of the molecule is CCCCO[C@H](CO)c1ccc2c(c1)C(C)(C)CCC2(C)C. The lowest BCUT2D eigenvalue weighted by atomic mass is 9.63. The highest BCUT2D eigenvalue weighted by Crippen LogP contribution is 2.46. The minimum Gasteiger partial charge on any atom is -0.393 e. The van der Waals surface area contributed by atoms with Gasteiger partial charge in [-0.3, -0.25) is 0 Å². The fourth-order valence-corrected chi connectivity index (χ4v) is 3.43. The molecule has 1 aromatic rings. The Kier molecular flexibility index (Phi) is 5.34. The van der Waals surface area contributed by atoms with Crippen molar-refractivity contribution in [3.8, 4) is 0 Å². The van der Waals surface area contributed by atoms with E-state index >= 15 is 0 Å². The van der Waals surface area contributed by atoms with Crippen LogP contribution in [0.1, 0.15) is 83.1 Å². The first-order valence-electron chi connectivity index (χ1n) is 8.69. The van der Waals surface area contributed by atoms with Crippen molar-refractivity contribution < 1.29 is 9.84 Å². The molecule has 2 heteroatoms. The van der Waals surface area contributed by atoms with E-state index in [-0.39, 0.29) is 23.5 Å². The van der Waals surface area contributed by atoms with Gasteiger partial charge in [-0.1, -0.05) is 59.2 Å². The van der Waals surface area contributed by atoms with Crippen molar-refractivity contribution in [2.75, 3.05) is 13.2 Å². The summed E-state index contributed by atoms with van der Waals surface area (Å²) in [6.07, 6.45) is 4.39. The Labute approximate surface area is 135 Å². The van der Waals surface area contributed by atoms with Crippen molar-refractivity contribution in [1.82, 2.24) is 0 Å². The number of unbranched alkanes of at least 4 members (excludes halogenated alkanes) is 1. The summed E-state index contributed by atoms with van der Waals surface area (Å²) >= 11 is 0. The van der Waals surface area contributed by atoms with Gasteiger partial charge in [-0.05, 0) is 46.8 Å². The molecule has 124 valence electrons. The van der Waals surface area contributed by atoms with Crippen molar-refractivity contribution >= 4 is 0 Å². The van der Waals surface area contributed by atoms with E-state index in [4.69, 9.17) is 4.74 Å². The topological polar surface area (TPSA) is 29.5 Å². The summed E-state index contributed by atoms with van der Waals surface area (Å²) in [5, 5.41) is 9.69. The lowest BCUT2D eigenvalue weighted by Gasteiger charge is -2.42. The summed E-state index contributed by atoms with van der Waals surface area (Å²) in [4.78, 5) is 0. The van der Waals surface area contributed by atoms with Crippen LogP contribution in [0.5, 0.6) is 0 Å². The van der Waals surface area contributed by atoms with Gasteiger partial charge in [-0.2, -0.15) is 0 Å². The van der Waals surface area contributed by atoms with E-state index < -0.39 is 0 Å². The molecule has 0 unspecified atom stereocenters. The maximum absolute atomic E-state index is 9.69. The number of hydrogen-bond acceptors (Lipinski definition) is 2. The summed E-state index contributed by atoms with van der Waals surface area (Å²) in [6.45, 7) is 12.2. The maximum atomic E-state index is 9.69. The summed E-state index contributed by atoms with van der Waals surface area (Å²) < 4.78 is 5.88. The number of ether oxygens (including phenoxy) is 1. The number of fused-ring (bicyclic) bond motifs is 1. The third kappa shape index (κ3) is 3.55. The second-order valence-electron chi connectivity index (χ2n) is 7.97. The number of rotatable bonds is 6. The quantitative estimate of drug-likeness (QED) is 0.759. The van der Waals surface area contributed by atoms with Crippen molar-refractivity contribution in [2.45, 2.75) is 77.2 Å². The molecule has 0 spiro atoms. The van der Waals surface area contributed by atoms with Crippen LogP contribution in [0.25, 0.3) is 0 Å². The second-order valence-corrected chi connectivity index (χ2v) is 7.97. The molecule has 2 nitrogen and oxygen atoms in total. The summed E-state index contributed by atoms with van der Waals surface area (Å²) in [6, 6.07) is 6.69. The molecule has 1 aliphatic carbocycles.